The lowest BCUT2D eigenvalue weighted by Crippen LogP contribution is -2.28. The van der Waals surface area contributed by atoms with Crippen molar-refractivity contribution in [2.24, 2.45) is 0 Å². The van der Waals surface area contributed by atoms with Gasteiger partial charge in [0.15, 0.2) is 0 Å². The van der Waals surface area contributed by atoms with Crippen molar-refractivity contribution in [1.82, 2.24) is 10.0 Å². The van der Waals surface area contributed by atoms with Gasteiger partial charge in [-0.15, -0.1) is 0 Å². The van der Waals surface area contributed by atoms with Gasteiger partial charge in [0.25, 0.3) is 5.91 Å². The number of hydrogen-bond donors (Lipinski definition) is 2. The molecule has 0 radical (unpaired) electrons. The van der Waals surface area contributed by atoms with Crippen LogP contribution >= 0.6 is 0 Å². The monoisotopic (exact) mass is 352 g/mol. The van der Waals surface area contributed by atoms with Gasteiger partial charge in [-0.3, -0.25) is 4.79 Å². The van der Waals surface area contributed by atoms with Crippen LogP contribution in [0, 0.1) is 0 Å². The van der Waals surface area contributed by atoms with E-state index in [9.17, 15) is 13.2 Å². The van der Waals surface area contributed by atoms with E-state index in [1.807, 2.05) is 0 Å². The van der Waals surface area contributed by atoms with Gasteiger partial charge >= 0.3 is 0 Å². The molecule has 0 saturated carbocycles. The number of carbonyl (C=O) groups excluding carboxylic acids is 1. The Labute approximate surface area is 143 Å². The number of ether oxygens (including phenoxy) is 1. The molecule has 0 spiro atoms. The third kappa shape index (κ3) is 5.43. The summed E-state index contributed by atoms with van der Waals surface area (Å²) in [7, 11) is -2.09. The summed E-state index contributed by atoms with van der Waals surface area (Å²) in [4.78, 5) is 12.1. The number of carbonyl (C=O) groups is 1. The fourth-order valence-electron chi connectivity index (χ4n) is 2.51. The van der Waals surface area contributed by atoms with Crippen LogP contribution < -0.4 is 10.0 Å². The zero-order valence-electron chi connectivity index (χ0n) is 13.9. The smallest absolute Gasteiger partial charge is 0.251 e. The molecule has 0 heterocycles. The van der Waals surface area contributed by atoms with E-state index in [-0.39, 0.29) is 10.8 Å². The Balaban J connectivity index is 2.02. The Morgan fingerprint density at radius 2 is 2.12 bits per heavy atom. The lowest BCUT2D eigenvalue weighted by atomic mass is 10.0. The van der Waals surface area contributed by atoms with Crippen molar-refractivity contribution in [3.05, 3.63) is 41.5 Å². The van der Waals surface area contributed by atoms with Gasteiger partial charge in [-0.05, 0) is 43.9 Å². The molecule has 1 aromatic carbocycles. The number of sulfonamides is 1. The van der Waals surface area contributed by atoms with Crippen molar-refractivity contribution in [1.29, 1.82) is 0 Å². The van der Waals surface area contributed by atoms with E-state index in [0.29, 0.717) is 25.3 Å². The van der Waals surface area contributed by atoms with Crippen LogP contribution in [0.1, 0.15) is 36.0 Å². The minimum Gasteiger partial charge on any atom is -0.383 e. The second-order valence-corrected chi connectivity index (χ2v) is 7.48. The third-order valence-electron chi connectivity index (χ3n) is 3.87. The molecular weight excluding hydrogens is 328 g/mol. The minimum atomic E-state index is -3.64. The zero-order chi connectivity index (χ0) is 17.4. The predicted molar refractivity (Wildman–Crippen MR) is 92.4 cm³/mol. The van der Waals surface area contributed by atoms with Crippen LogP contribution in [0.5, 0.6) is 0 Å². The highest BCUT2D eigenvalue weighted by atomic mass is 32.2. The number of rotatable bonds is 8. The molecule has 0 atom stereocenters. The molecule has 1 aliphatic rings. The highest BCUT2D eigenvalue weighted by Crippen LogP contribution is 2.17. The Hall–Kier alpha value is -1.70. The first kappa shape index (κ1) is 18.6. The molecule has 0 saturated heterocycles. The molecular formula is C17H24N2O4S. The van der Waals surface area contributed by atoms with Crippen molar-refractivity contribution in [2.45, 2.75) is 30.6 Å². The van der Waals surface area contributed by atoms with Crippen molar-refractivity contribution >= 4 is 15.9 Å². The largest absolute Gasteiger partial charge is 0.383 e. The van der Waals surface area contributed by atoms with Crippen molar-refractivity contribution in [2.75, 3.05) is 26.8 Å². The maximum Gasteiger partial charge on any atom is 0.251 e. The minimum absolute atomic E-state index is 0.0956. The maximum absolute atomic E-state index is 12.4. The number of benzene rings is 1. The van der Waals surface area contributed by atoms with Crippen LogP contribution in [-0.2, 0) is 14.8 Å². The molecule has 1 amide bonds. The van der Waals surface area contributed by atoms with Crippen LogP contribution in [0.4, 0.5) is 0 Å². The molecule has 1 aliphatic carbocycles. The summed E-state index contributed by atoms with van der Waals surface area (Å²) < 4.78 is 32.3. The van der Waals surface area contributed by atoms with Gasteiger partial charge < -0.3 is 10.1 Å². The van der Waals surface area contributed by atoms with Gasteiger partial charge in [0.2, 0.25) is 10.0 Å². The highest BCUT2D eigenvalue weighted by molar-refractivity contribution is 7.89. The van der Waals surface area contributed by atoms with Gasteiger partial charge in [0, 0.05) is 25.8 Å². The Kier molecular flexibility index (Phi) is 6.96. The molecule has 132 valence electrons. The normalized spacial score (nSPS) is 15.0. The van der Waals surface area contributed by atoms with Crippen LogP contribution in [0.2, 0.25) is 0 Å². The molecule has 0 aliphatic heterocycles. The summed E-state index contributed by atoms with van der Waals surface area (Å²) in [6, 6.07) is 6.04. The first-order valence-electron chi connectivity index (χ1n) is 8.08. The second kappa shape index (κ2) is 8.96. The van der Waals surface area contributed by atoms with Gasteiger partial charge in [-0.2, -0.15) is 0 Å². The van der Waals surface area contributed by atoms with Crippen molar-refractivity contribution < 1.29 is 17.9 Å². The summed E-state index contributed by atoms with van der Waals surface area (Å²) in [6.07, 6.45) is 6.31. The number of amides is 1. The average molecular weight is 352 g/mol. The van der Waals surface area contributed by atoms with E-state index in [1.54, 1.807) is 19.2 Å². The second-order valence-electron chi connectivity index (χ2n) is 5.71. The third-order valence-corrected chi connectivity index (χ3v) is 5.27. The molecule has 0 aromatic heterocycles. The van der Waals surface area contributed by atoms with E-state index >= 15 is 0 Å². The molecule has 0 fully saturated rings. The SMILES string of the molecule is COCCNC(=O)c1cccc(S(=O)(=O)NCC2=CCCCC2)c1. The fraction of sp³-hybridized carbons (Fsp3) is 0.471. The molecule has 7 heteroatoms. The summed E-state index contributed by atoms with van der Waals surface area (Å²) in [5.74, 6) is -0.320. The first-order valence-corrected chi connectivity index (χ1v) is 9.56. The summed E-state index contributed by atoms with van der Waals surface area (Å²) in [6.45, 7) is 1.10. The average Bonchev–Trinajstić information content (AvgIpc) is 2.61. The van der Waals surface area contributed by atoms with E-state index in [0.717, 1.165) is 31.3 Å². The lowest BCUT2D eigenvalue weighted by molar-refractivity contribution is 0.0937. The summed E-state index contributed by atoms with van der Waals surface area (Å²) in [5, 5.41) is 2.67. The molecule has 1 aromatic rings. The van der Waals surface area contributed by atoms with Gasteiger partial charge in [-0.1, -0.05) is 17.7 Å². The van der Waals surface area contributed by atoms with Crippen LogP contribution in [0.15, 0.2) is 40.8 Å². The maximum atomic E-state index is 12.4. The standard InChI is InChI=1S/C17H24N2O4S/c1-23-11-10-18-17(20)15-8-5-9-16(12-15)24(21,22)19-13-14-6-3-2-4-7-14/h5-6,8-9,12,19H,2-4,7,10-11,13H2,1H3,(H,18,20). The number of nitrogens with one attached hydrogen (secondary N) is 2. The highest BCUT2D eigenvalue weighted by Gasteiger charge is 2.17. The summed E-state index contributed by atoms with van der Waals surface area (Å²) in [5.41, 5.74) is 1.43. The topological polar surface area (TPSA) is 84.5 Å². The molecule has 2 rings (SSSR count). The van der Waals surface area contributed by atoms with E-state index < -0.39 is 10.0 Å². The number of hydrogen-bond acceptors (Lipinski definition) is 4. The zero-order valence-corrected chi connectivity index (χ0v) is 14.7. The lowest BCUT2D eigenvalue weighted by Gasteiger charge is -2.14. The first-order chi connectivity index (χ1) is 11.5. The number of methoxy groups -OCH3 is 1. The number of allylic oxidation sites excluding steroid dienone is 1. The van der Waals surface area contributed by atoms with Crippen molar-refractivity contribution in [3.63, 3.8) is 0 Å². The Bertz CT molecular complexity index is 698. The van der Waals surface area contributed by atoms with Gasteiger partial charge in [0.05, 0.1) is 11.5 Å². The molecule has 24 heavy (non-hydrogen) atoms. The molecule has 6 nitrogen and oxygen atoms in total. The van der Waals surface area contributed by atoms with Crippen molar-refractivity contribution in [3.8, 4) is 0 Å². The predicted octanol–water partition coefficient (Wildman–Crippen LogP) is 1.84. The van der Waals surface area contributed by atoms with Crippen LogP contribution in [-0.4, -0.2) is 41.1 Å². The van der Waals surface area contributed by atoms with Gasteiger partial charge in [0.1, 0.15) is 0 Å². The molecule has 2 N–H and O–H groups in total. The quantitative estimate of drug-likeness (QED) is 0.552. The van der Waals surface area contributed by atoms with Crippen LogP contribution in [0.3, 0.4) is 0 Å². The van der Waals surface area contributed by atoms with E-state index in [4.69, 9.17) is 4.74 Å². The molecule has 0 bridgehead atoms. The van der Waals surface area contributed by atoms with Gasteiger partial charge in [-0.25, -0.2) is 13.1 Å². The fourth-order valence-corrected chi connectivity index (χ4v) is 3.59. The molecule has 0 unspecified atom stereocenters. The Morgan fingerprint density at radius 1 is 1.29 bits per heavy atom. The Morgan fingerprint density at radius 3 is 2.83 bits per heavy atom. The van der Waals surface area contributed by atoms with Crippen LogP contribution in [0.25, 0.3) is 0 Å². The van der Waals surface area contributed by atoms with E-state index in [2.05, 4.69) is 16.1 Å². The van der Waals surface area contributed by atoms with E-state index in [1.165, 1.54) is 12.1 Å². The summed E-state index contributed by atoms with van der Waals surface area (Å²) >= 11 is 0.